The highest BCUT2D eigenvalue weighted by molar-refractivity contribution is 7.09. The SMILES string of the molecule is CC(C)(C)c1csc(CC(=O)c2ccc(CCN)cc2)n1. The average Bonchev–Trinajstić information content (AvgIpc) is 2.88. The molecule has 0 aliphatic heterocycles. The van der Waals surface area contributed by atoms with Crippen LogP contribution < -0.4 is 5.73 Å². The van der Waals surface area contributed by atoms with Crippen molar-refractivity contribution in [3.05, 3.63) is 51.5 Å². The second kappa shape index (κ2) is 6.50. The molecule has 0 fully saturated rings. The lowest BCUT2D eigenvalue weighted by Gasteiger charge is -2.14. The Morgan fingerprint density at radius 3 is 2.43 bits per heavy atom. The number of ketones is 1. The van der Waals surface area contributed by atoms with E-state index in [-0.39, 0.29) is 11.2 Å². The molecule has 0 spiro atoms. The molecule has 0 saturated carbocycles. The van der Waals surface area contributed by atoms with Crippen LogP contribution in [0.1, 0.15) is 47.4 Å². The van der Waals surface area contributed by atoms with Gasteiger partial charge in [0.25, 0.3) is 0 Å². The topological polar surface area (TPSA) is 56.0 Å². The highest BCUT2D eigenvalue weighted by atomic mass is 32.1. The fourth-order valence-corrected chi connectivity index (χ4v) is 3.02. The first kappa shape index (κ1) is 15.9. The lowest BCUT2D eigenvalue weighted by molar-refractivity contribution is 0.0993. The van der Waals surface area contributed by atoms with E-state index in [0.29, 0.717) is 13.0 Å². The van der Waals surface area contributed by atoms with E-state index < -0.39 is 0 Å². The van der Waals surface area contributed by atoms with Crippen LogP contribution in [0.3, 0.4) is 0 Å². The van der Waals surface area contributed by atoms with Gasteiger partial charge < -0.3 is 5.73 Å². The normalized spacial score (nSPS) is 11.6. The van der Waals surface area contributed by atoms with Crippen LogP contribution in [-0.2, 0) is 18.3 Å². The highest BCUT2D eigenvalue weighted by Crippen LogP contribution is 2.24. The summed E-state index contributed by atoms with van der Waals surface area (Å²) in [7, 11) is 0. The fraction of sp³-hybridized carbons (Fsp3) is 0.412. The van der Waals surface area contributed by atoms with Gasteiger partial charge in [0, 0.05) is 16.4 Å². The largest absolute Gasteiger partial charge is 0.330 e. The van der Waals surface area contributed by atoms with E-state index in [9.17, 15) is 4.79 Å². The summed E-state index contributed by atoms with van der Waals surface area (Å²) in [6, 6.07) is 7.71. The number of hydrogen-bond acceptors (Lipinski definition) is 4. The molecule has 0 aliphatic carbocycles. The van der Waals surface area contributed by atoms with E-state index in [1.165, 1.54) is 5.56 Å². The Morgan fingerprint density at radius 1 is 1.24 bits per heavy atom. The van der Waals surface area contributed by atoms with Crippen molar-refractivity contribution in [3.8, 4) is 0 Å². The van der Waals surface area contributed by atoms with Crippen molar-refractivity contribution in [1.82, 2.24) is 4.98 Å². The molecule has 1 heterocycles. The Balaban J connectivity index is 2.05. The first-order valence-electron chi connectivity index (χ1n) is 7.17. The molecule has 0 amide bonds. The molecule has 21 heavy (non-hydrogen) atoms. The summed E-state index contributed by atoms with van der Waals surface area (Å²) >= 11 is 1.56. The van der Waals surface area contributed by atoms with Gasteiger partial charge in [0.2, 0.25) is 0 Å². The minimum absolute atomic E-state index is 0.0294. The van der Waals surface area contributed by atoms with E-state index in [2.05, 4.69) is 25.8 Å². The van der Waals surface area contributed by atoms with Crippen molar-refractivity contribution in [2.75, 3.05) is 6.54 Å². The van der Waals surface area contributed by atoms with Crippen molar-refractivity contribution < 1.29 is 4.79 Å². The molecule has 2 aromatic rings. The van der Waals surface area contributed by atoms with E-state index in [4.69, 9.17) is 5.73 Å². The third kappa shape index (κ3) is 4.22. The molecule has 1 aromatic carbocycles. The molecule has 0 bridgehead atoms. The third-order valence-corrected chi connectivity index (χ3v) is 4.19. The van der Waals surface area contributed by atoms with Gasteiger partial charge in [0.05, 0.1) is 12.1 Å². The van der Waals surface area contributed by atoms with Crippen molar-refractivity contribution >= 4 is 17.1 Å². The number of nitrogens with two attached hydrogens (primary N) is 1. The van der Waals surface area contributed by atoms with Crippen LogP contribution in [0.4, 0.5) is 0 Å². The van der Waals surface area contributed by atoms with Crippen LogP contribution in [-0.4, -0.2) is 17.3 Å². The number of hydrogen-bond donors (Lipinski definition) is 1. The average molecular weight is 302 g/mol. The number of carbonyl (C=O) groups is 1. The number of carbonyl (C=O) groups excluding carboxylic acids is 1. The summed E-state index contributed by atoms with van der Waals surface area (Å²) in [5.41, 5.74) is 8.51. The molecule has 3 nitrogen and oxygen atoms in total. The molecule has 0 aliphatic rings. The van der Waals surface area contributed by atoms with Crippen molar-refractivity contribution in [2.24, 2.45) is 5.73 Å². The van der Waals surface area contributed by atoms with Crippen molar-refractivity contribution in [3.63, 3.8) is 0 Å². The fourth-order valence-electron chi connectivity index (χ4n) is 2.00. The Morgan fingerprint density at radius 2 is 1.90 bits per heavy atom. The maximum absolute atomic E-state index is 12.3. The zero-order chi connectivity index (χ0) is 15.5. The second-order valence-corrected chi connectivity index (χ2v) is 7.15. The summed E-state index contributed by atoms with van der Waals surface area (Å²) in [6.45, 7) is 7.01. The smallest absolute Gasteiger partial charge is 0.169 e. The predicted molar refractivity (Wildman–Crippen MR) is 88.0 cm³/mol. The van der Waals surface area contributed by atoms with E-state index in [1.54, 1.807) is 11.3 Å². The van der Waals surface area contributed by atoms with Gasteiger partial charge in [-0.05, 0) is 18.5 Å². The van der Waals surface area contributed by atoms with Crippen LogP contribution in [0.15, 0.2) is 29.6 Å². The van der Waals surface area contributed by atoms with Gasteiger partial charge in [0.1, 0.15) is 5.01 Å². The summed E-state index contributed by atoms with van der Waals surface area (Å²) < 4.78 is 0. The molecule has 1 aromatic heterocycles. The summed E-state index contributed by atoms with van der Waals surface area (Å²) in [5.74, 6) is 0.115. The minimum atomic E-state index is 0.0294. The summed E-state index contributed by atoms with van der Waals surface area (Å²) in [6.07, 6.45) is 1.22. The van der Waals surface area contributed by atoms with Gasteiger partial charge in [-0.3, -0.25) is 4.79 Å². The first-order valence-corrected chi connectivity index (χ1v) is 8.05. The van der Waals surface area contributed by atoms with Crippen LogP contribution in [0.2, 0.25) is 0 Å². The molecule has 0 atom stereocenters. The van der Waals surface area contributed by atoms with Crippen LogP contribution in [0, 0.1) is 0 Å². The van der Waals surface area contributed by atoms with Crippen LogP contribution in [0.5, 0.6) is 0 Å². The zero-order valence-corrected chi connectivity index (χ0v) is 13.7. The Labute approximate surface area is 130 Å². The molecular formula is C17H22N2OS. The lowest BCUT2D eigenvalue weighted by atomic mass is 9.93. The molecule has 2 rings (SSSR count). The van der Waals surface area contributed by atoms with E-state index in [1.807, 2.05) is 29.6 Å². The van der Waals surface area contributed by atoms with E-state index >= 15 is 0 Å². The second-order valence-electron chi connectivity index (χ2n) is 6.21. The number of nitrogens with zero attached hydrogens (tertiary/aromatic N) is 1. The molecule has 4 heteroatoms. The highest BCUT2D eigenvalue weighted by Gasteiger charge is 2.18. The van der Waals surface area contributed by atoms with Crippen molar-refractivity contribution in [1.29, 1.82) is 0 Å². The lowest BCUT2D eigenvalue weighted by Crippen LogP contribution is -2.12. The molecular weight excluding hydrogens is 280 g/mol. The molecule has 0 radical (unpaired) electrons. The minimum Gasteiger partial charge on any atom is -0.330 e. The molecule has 2 N–H and O–H groups in total. The van der Waals surface area contributed by atoms with Gasteiger partial charge >= 0.3 is 0 Å². The maximum atomic E-state index is 12.3. The Bertz CT molecular complexity index is 608. The van der Waals surface area contributed by atoms with E-state index in [0.717, 1.165) is 22.7 Å². The summed E-state index contributed by atoms with van der Waals surface area (Å²) in [5, 5.41) is 2.93. The number of thiazole rings is 1. The molecule has 0 saturated heterocycles. The number of benzene rings is 1. The van der Waals surface area contributed by atoms with Gasteiger partial charge in [-0.2, -0.15) is 0 Å². The number of aromatic nitrogens is 1. The first-order chi connectivity index (χ1) is 9.90. The van der Waals surface area contributed by atoms with Crippen LogP contribution in [0.25, 0.3) is 0 Å². The van der Waals surface area contributed by atoms with Crippen LogP contribution >= 0.6 is 11.3 Å². The third-order valence-electron chi connectivity index (χ3n) is 3.34. The monoisotopic (exact) mass is 302 g/mol. The summed E-state index contributed by atoms with van der Waals surface area (Å²) in [4.78, 5) is 16.9. The van der Waals surface area contributed by atoms with Gasteiger partial charge in [-0.25, -0.2) is 4.98 Å². The number of Topliss-reactive ketones (excluding diaryl/α,β-unsaturated/α-hetero) is 1. The predicted octanol–water partition coefficient (Wildman–Crippen LogP) is 3.37. The molecule has 112 valence electrons. The Hall–Kier alpha value is -1.52. The maximum Gasteiger partial charge on any atom is 0.169 e. The number of rotatable bonds is 5. The quantitative estimate of drug-likeness (QED) is 0.862. The standard InChI is InChI=1S/C17H22N2OS/c1-17(2,3)15-11-21-16(19-15)10-14(20)13-6-4-12(5-7-13)8-9-18/h4-7,11H,8-10,18H2,1-3H3. The molecule has 0 unspecified atom stereocenters. The van der Waals surface area contributed by atoms with Gasteiger partial charge in [0.15, 0.2) is 5.78 Å². The zero-order valence-electron chi connectivity index (χ0n) is 12.8. The van der Waals surface area contributed by atoms with Crippen molar-refractivity contribution in [2.45, 2.75) is 39.0 Å². The van der Waals surface area contributed by atoms with Gasteiger partial charge in [-0.15, -0.1) is 11.3 Å². The van der Waals surface area contributed by atoms with Gasteiger partial charge in [-0.1, -0.05) is 45.0 Å². The Kier molecular flexibility index (Phi) is 4.91.